The monoisotopic (exact) mass is 383 g/mol. The molecule has 3 aromatic carbocycles. The summed E-state index contributed by atoms with van der Waals surface area (Å²) in [6, 6.07) is 24.4. The molecule has 2 N–H and O–H groups in total. The average Bonchev–Trinajstić information content (AvgIpc) is 2.76. The summed E-state index contributed by atoms with van der Waals surface area (Å²) >= 11 is 0. The number of hydrogen-bond donors (Lipinski definition) is 2. The first-order valence-corrected chi connectivity index (χ1v) is 10.6. The second-order valence-electron chi connectivity index (χ2n) is 8.78. The van der Waals surface area contributed by atoms with Crippen molar-refractivity contribution >= 4 is 11.4 Å². The fraction of sp³-hybridized carbons (Fsp3) is 0.308. The molecule has 3 aromatic rings. The number of nitrogens with one attached hydrogen (secondary N) is 2. The zero-order chi connectivity index (χ0) is 19.8. The summed E-state index contributed by atoms with van der Waals surface area (Å²) in [4.78, 5) is 2.54. The van der Waals surface area contributed by atoms with Crippen molar-refractivity contribution in [2.45, 2.75) is 25.8 Å². The fourth-order valence-electron chi connectivity index (χ4n) is 4.71. The van der Waals surface area contributed by atoms with E-state index in [0.29, 0.717) is 0 Å². The van der Waals surface area contributed by atoms with E-state index in [1.165, 1.54) is 39.2 Å². The standard InChI is InChI=1S/C26H29N3/c1-26(2)22-16-19(18-29-14-12-27-13-15-29)8-10-24(22)28-25-11-9-21(17-23(25)26)20-6-4-3-5-7-20/h3-11,16-17,27-28H,12-15,18H2,1-2H3. The Balaban J connectivity index is 1.50. The molecule has 5 rings (SSSR count). The van der Waals surface area contributed by atoms with E-state index in [1.807, 2.05) is 0 Å². The minimum atomic E-state index is -0.0415. The molecular weight excluding hydrogens is 354 g/mol. The summed E-state index contributed by atoms with van der Waals surface area (Å²) in [5.74, 6) is 0. The maximum Gasteiger partial charge on any atom is 0.0426 e. The van der Waals surface area contributed by atoms with Crippen LogP contribution in [-0.4, -0.2) is 31.1 Å². The molecule has 0 unspecified atom stereocenters. The van der Waals surface area contributed by atoms with Crippen molar-refractivity contribution < 1.29 is 0 Å². The minimum absolute atomic E-state index is 0.0415. The van der Waals surface area contributed by atoms with E-state index in [-0.39, 0.29) is 5.41 Å². The quantitative estimate of drug-likeness (QED) is 0.656. The molecule has 0 saturated carbocycles. The van der Waals surface area contributed by atoms with Gasteiger partial charge in [0.2, 0.25) is 0 Å². The molecule has 1 saturated heterocycles. The highest BCUT2D eigenvalue weighted by Gasteiger charge is 2.33. The molecule has 0 radical (unpaired) electrons. The molecule has 2 aliphatic heterocycles. The third-order valence-electron chi connectivity index (χ3n) is 6.44. The number of hydrogen-bond acceptors (Lipinski definition) is 3. The van der Waals surface area contributed by atoms with E-state index in [0.717, 1.165) is 32.7 Å². The van der Waals surface area contributed by atoms with Gasteiger partial charge in [-0.3, -0.25) is 4.90 Å². The Morgan fingerprint density at radius 3 is 2.24 bits per heavy atom. The predicted molar refractivity (Wildman–Crippen MR) is 122 cm³/mol. The molecule has 3 heteroatoms. The van der Waals surface area contributed by atoms with Crippen LogP contribution in [0, 0.1) is 0 Å². The van der Waals surface area contributed by atoms with Gasteiger partial charge in [-0.05, 0) is 46.0 Å². The zero-order valence-electron chi connectivity index (χ0n) is 17.3. The maximum absolute atomic E-state index is 3.68. The van der Waals surface area contributed by atoms with Gasteiger partial charge in [0.1, 0.15) is 0 Å². The van der Waals surface area contributed by atoms with Crippen LogP contribution in [0.4, 0.5) is 11.4 Å². The highest BCUT2D eigenvalue weighted by molar-refractivity contribution is 5.79. The summed E-state index contributed by atoms with van der Waals surface area (Å²) in [7, 11) is 0. The second kappa shape index (κ2) is 7.33. The first kappa shape index (κ1) is 18.4. The number of nitrogens with zero attached hydrogens (tertiary/aromatic N) is 1. The summed E-state index contributed by atoms with van der Waals surface area (Å²) < 4.78 is 0. The lowest BCUT2D eigenvalue weighted by molar-refractivity contribution is 0.233. The Kier molecular flexibility index (Phi) is 4.65. The van der Waals surface area contributed by atoms with Crippen molar-refractivity contribution in [1.29, 1.82) is 0 Å². The number of fused-ring (bicyclic) bond motifs is 2. The summed E-state index contributed by atoms with van der Waals surface area (Å²) in [5, 5.41) is 7.12. The molecule has 0 aliphatic carbocycles. The number of anilines is 2. The average molecular weight is 384 g/mol. The summed E-state index contributed by atoms with van der Waals surface area (Å²) in [6.07, 6.45) is 0. The summed E-state index contributed by atoms with van der Waals surface area (Å²) in [5.41, 5.74) is 9.12. The van der Waals surface area contributed by atoms with E-state index in [4.69, 9.17) is 0 Å². The lowest BCUT2D eigenvalue weighted by Crippen LogP contribution is -2.42. The normalized spacial score (nSPS) is 17.9. The molecule has 0 aromatic heterocycles. The van der Waals surface area contributed by atoms with Gasteiger partial charge in [0.15, 0.2) is 0 Å². The van der Waals surface area contributed by atoms with E-state index in [9.17, 15) is 0 Å². The molecule has 0 atom stereocenters. The molecule has 148 valence electrons. The Hall–Kier alpha value is -2.62. The lowest BCUT2D eigenvalue weighted by atomic mass is 9.73. The molecule has 2 heterocycles. The smallest absolute Gasteiger partial charge is 0.0426 e. The van der Waals surface area contributed by atoms with Gasteiger partial charge in [0, 0.05) is 49.5 Å². The van der Waals surface area contributed by atoms with Crippen molar-refractivity contribution in [2.75, 3.05) is 31.5 Å². The van der Waals surface area contributed by atoms with Crippen molar-refractivity contribution in [3.05, 3.63) is 83.4 Å². The van der Waals surface area contributed by atoms with Gasteiger partial charge in [-0.1, -0.05) is 62.4 Å². The Morgan fingerprint density at radius 2 is 1.48 bits per heavy atom. The van der Waals surface area contributed by atoms with E-state index >= 15 is 0 Å². The Bertz CT molecular complexity index is 1020. The highest BCUT2D eigenvalue weighted by Crippen LogP contribution is 2.46. The van der Waals surface area contributed by atoms with Crippen LogP contribution in [0.3, 0.4) is 0 Å². The van der Waals surface area contributed by atoms with Crippen molar-refractivity contribution in [2.24, 2.45) is 0 Å². The third kappa shape index (κ3) is 3.45. The van der Waals surface area contributed by atoms with Crippen LogP contribution in [0.1, 0.15) is 30.5 Å². The minimum Gasteiger partial charge on any atom is -0.355 e. The van der Waals surface area contributed by atoms with E-state index in [1.54, 1.807) is 0 Å². The van der Waals surface area contributed by atoms with Crippen LogP contribution in [0.2, 0.25) is 0 Å². The van der Waals surface area contributed by atoms with Crippen LogP contribution >= 0.6 is 0 Å². The zero-order valence-corrected chi connectivity index (χ0v) is 17.3. The van der Waals surface area contributed by atoms with Gasteiger partial charge in [0.05, 0.1) is 0 Å². The largest absolute Gasteiger partial charge is 0.355 e. The van der Waals surface area contributed by atoms with Gasteiger partial charge >= 0.3 is 0 Å². The Morgan fingerprint density at radius 1 is 0.793 bits per heavy atom. The molecule has 3 nitrogen and oxygen atoms in total. The van der Waals surface area contributed by atoms with Crippen molar-refractivity contribution in [3.63, 3.8) is 0 Å². The molecule has 0 bridgehead atoms. The van der Waals surface area contributed by atoms with Gasteiger partial charge in [0.25, 0.3) is 0 Å². The molecule has 29 heavy (non-hydrogen) atoms. The van der Waals surface area contributed by atoms with Crippen LogP contribution in [0.15, 0.2) is 66.7 Å². The second-order valence-corrected chi connectivity index (χ2v) is 8.78. The molecular formula is C26H29N3. The van der Waals surface area contributed by atoms with Gasteiger partial charge in [-0.15, -0.1) is 0 Å². The number of piperazine rings is 1. The van der Waals surface area contributed by atoms with Gasteiger partial charge in [-0.2, -0.15) is 0 Å². The highest BCUT2D eigenvalue weighted by atomic mass is 15.2. The molecule has 0 spiro atoms. The summed E-state index contributed by atoms with van der Waals surface area (Å²) in [6.45, 7) is 10.2. The van der Waals surface area contributed by atoms with Crippen LogP contribution < -0.4 is 10.6 Å². The maximum atomic E-state index is 3.68. The topological polar surface area (TPSA) is 27.3 Å². The van der Waals surface area contributed by atoms with Crippen LogP contribution in [-0.2, 0) is 12.0 Å². The van der Waals surface area contributed by atoms with E-state index < -0.39 is 0 Å². The van der Waals surface area contributed by atoms with Crippen molar-refractivity contribution in [1.82, 2.24) is 10.2 Å². The first-order valence-electron chi connectivity index (χ1n) is 10.6. The van der Waals surface area contributed by atoms with Gasteiger partial charge < -0.3 is 10.6 Å². The Labute approximate surface area is 173 Å². The third-order valence-corrected chi connectivity index (χ3v) is 6.44. The lowest BCUT2D eigenvalue weighted by Gasteiger charge is -2.37. The van der Waals surface area contributed by atoms with Crippen LogP contribution in [0.25, 0.3) is 11.1 Å². The van der Waals surface area contributed by atoms with Gasteiger partial charge in [-0.25, -0.2) is 0 Å². The molecule has 0 amide bonds. The number of rotatable bonds is 3. The first-order chi connectivity index (χ1) is 14.1. The van der Waals surface area contributed by atoms with Crippen LogP contribution in [0.5, 0.6) is 0 Å². The van der Waals surface area contributed by atoms with Crippen molar-refractivity contribution in [3.8, 4) is 11.1 Å². The fourth-order valence-corrected chi connectivity index (χ4v) is 4.71. The molecule has 2 aliphatic rings. The van der Waals surface area contributed by atoms with E-state index in [2.05, 4.69) is 96.1 Å². The predicted octanol–water partition coefficient (Wildman–Crippen LogP) is 5.14. The number of benzene rings is 3. The SMILES string of the molecule is CC1(C)c2cc(CN3CCNCC3)ccc2Nc2ccc(-c3ccccc3)cc21. The molecule has 1 fully saturated rings.